The summed E-state index contributed by atoms with van der Waals surface area (Å²) in [5, 5.41) is 5.11. The van der Waals surface area contributed by atoms with Crippen LogP contribution in [0.1, 0.15) is 16.1 Å². The molecule has 0 unspecified atom stereocenters. The van der Waals surface area contributed by atoms with Crippen molar-refractivity contribution in [3.05, 3.63) is 40.9 Å². The van der Waals surface area contributed by atoms with E-state index in [9.17, 15) is 13.2 Å². The average Bonchev–Trinajstić information content (AvgIpc) is 2.92. The van der Waals surface area contributed by atoms with Crippen LogP contribution in [0.2, 0.25) is 0 Å². The summed E-state index contributed by atoms with van der Waals surface area (Å²) in [6.07, 6.45) is 1.07. The number of carbonyl (C=O) groups excluding carboxylic acids is 1. The molecule has 2 rings (SSSR count). The zero-order valence-electron chi connectivity index (χ0n) is 12.3. The average molecular weight is 339 g/mol. The first kappa shape index (κ1) is 16.6. The van der Waals surface area contributed by atoms with E-state index < -0.39 is 10.0 Å². The number of amides is 1. The Balaban J connectivity index is 1.97. The Bertz CT molecular complexity index is 769. The van der Waals surface area contributed by atoms with Crippen LogP contribution < -0.4 is 10.0 Å². The number of hydrogen-bond donors (Lipinski definition) is 2. The van der Waals surface area contributed by atoms with Gasteiger partial charge in [-0.3, -0.25) is 4.79 Å². The molecular weight excluding hydrogens is 322 g/mol. The van der Waals surface area contributed by atoms with Gasteiger partial charge in [-0.2, -0.15) is 0 Å². The summed E-state index contributed by atoms with van der Waals surface area (Å²) in [5.41, 5.74) is 2.44. The van der Waals surface area contributed by atoms with Crippen LogP contribution in [0, 0.1) is 6.92 Å². The van der Waals surface area contributed by atoms with Gasteiger partial charge >= 0.3 is 0 Å². The van der Waals surface area contributed by atoms with E-state index in [0.717, 1.165) is 22.4 Å². The van der Waals surface area contributed by atoms with Crippen LogP contribution in [-0.2, 0) is 10.0 Å². The Labute approximate surface area is 133 Å². The van der Waals surface area contributed by atoms with Crippen LogP contribution in [-0.4, -0.2) is 38.7 Å². The predicted octanol–water partition coefficient (Wildman–Crippen LogP) is 1.40. The summed E-state index contributed by atoms with van der Waals surface area (Å²) in [6, 6.07) is 7.84. The minimum Gasteiger partial charge on any atom is -0.349 e. The number of aromatic nitrogens is 1. The maximum absolute atomic E-state index is 12.0. The molecule has 0 saturated heterocycles. The van der Waals surface area contributed by atoms with Crippen molar-refractivity contribution in [2.45, 2.75) is 6.92 Å². The van der Waals surface area contributed by atoms with Crippen molar-refractivity contribution < 1.29 is 13.2 Å². The van der Waals surface area contributed by atoms with Crippen molar-refractivity contribution in [1.29, 1.82) is 0 Å². The van der Waals surface area contributed by atoms with Gasteiger partial charge in [0.25, 0.3) is 5.91 Å². The molecule has 1 aromatic heterocycles. The fourth-order valence-electron chi connectivity index (χ4n) is 1.82. The largest absolute Gasteiger partial charge is 0.349 e. The minimum atomic E-state index is -3.24. The number of benzene rings is 1. The number of hydrogen-bond acceptors (Lipinski definition) is 5. The lowest BCUT2D eigenvalue weighted by atomic mass is 10.1. The lowest BCUT2D eigenvalue weighted by Gasteiger charge is -2.04. The van der Waals surface area contributed by atoms with E-state index in [2.05, 4.69) is 15.0 Å². The van der Waals surface area contributed by atoms with Gasteiger partial charge in [0, 0.05) is 24.0 Å². The number of nitrogens with one attached hydrogen (secondary N) is 2. The zero-order chi connectivity index (χ0) is 16.2. The molecule has 0 radical (unpaired) electrons. The summed E-state index contributed by atoms with van der Waals surface area (Å²) in [5.74, 6) is -0.314. The molecule has 118 valence electrons. The smallest absolute Gasteiger partial charge is 0.270 e. The number of carbonyl (C=O) groups is 1. The summed E-state index contributed by atoms with van der Waals surface area (Å²) in [6.45, 7) is 2.36. The minimum absolute atomic E-state index is 0.152. The first-order valence-corrected chi connectivity index (χ1v) is 9.38. The molecule has 1 amide bonds. The van der Waals surface area contributed by atoms with Crippen molar-refractivity contribution in [3.63, 3.8) is 0 Å². The Hall–Kier alpha value is -1.77. The first-order valence-electron chi connectivity index (χ1n) is 6.61. The Morgan fingerprint density at radius 1 is 1.27 bits per heavy atom. The molecule has 0 fully saturated rings. The van der Waals surface area contributed by atoms with E-state index in [0.29, 0.717) is 5.69 Å². The fourth-order valence-corrected chi connectivity index (χ4v) is 3.18. The van der Waals surface area contributed by atoms with Gasteiger partial charge in [0.2, 0.25) is 10.0 Å². The lowest BCUT2D eigenvalue weighted by Crippen LogP contribution is -2.34. The van der Waals surface area contributed by atoms with Gasteiger partial charge in [-0.25, -0.2) is 18.1 Å². The van der Waals surface area contributed by atoms with Gasteiger partial charge < -0.3 is 5.32 Å². The van der Waals surface area contributed by atoms with Gasteiger partial charge in [-0.15, -0.1) is 11.3 Å². The highest BCUT2D eigenvalue weighted by Gasteiger charge is 2.12. The van der Waals surface area contributed by atoms with Crippen molar-refractivity contribution >= 4 is 27.3 Å². The highest BCUT2D eigenvalue weighted by Crippen LogP contribution is 2.26. The molecule has 22 heavy (non-hydrogen) atoms. The first-order chi connectivity index (χ1) is 10.4. The maximum Gasteiger partial charge on any atom is 0.270 e. The molecule has 1 heterocycles. The van der Waals surface area contributed by atoms with Gasteiger partial charge in [-0.1, -0.05) is 24.3 Å². The number of thiazole rings is 1. The van der Waals surface area contributed by atoms with Crippen LogP contribution in [0.25, 0.3) is 10.6 Å². The normalized spacial score (nSPS) is 11.4. The third-order valence-electron chi connectivity index (χ3n) is 2.89. The molecule has 0 aliphatic rings. The van der Waals surface area contributed by atoms with Gasteiger partial charge in [0.15, 0.2) is 0 Å². The molecule has 0 spiro atoms. The molecule has 0 saturated carbocycles. The summed E-state index contributed by atoms with van der Waals surface area (Å²) < 4.78 is 24.1. The Kier molecular flexibility index (Phi) is 5.28. The molecule has 1 aromatic carbocycles. The molecule has 0 atom stereocenters. The molecule has 2 N–H and O–H groups in total. The highest BCUT2D eigenvalue weighted by atomic mass is 32.2. The van der Waals surface area contributed by atoms with Crippen molar-refractivity contribution in [3.8, 4) is 10.6 Å². The molecule has 8 heteroatoms. The van der Waals surface area contributed by atoms with Crippen LogP contribution in [0.4, 0.5) is 0 Å². The Morgan fingerprint density at radius 2 is 2.00 bits per heavy atom. The van der Waals surface area contributed by atoms with Gasteiger partial charge in [-0.05, 0) is 12.5 Å². The third kappa shape index (κ3) is 4.62. The number of nitrogens with zero attached hydrogens (tertiary/aromatic N) is 1. The molecular formula is C14H17N3O3S2. The van der Waals surface area contributed by atoms with E-state index in [4.69, 9.17) is 0 Å². The van der Waals surface area contributed by atoms with E-state index in [1.165, 1.54) is 11.3 Å². The van der Waals surface area contributed by atoms with Crippen molar-refractivity contribution in [2.75, 3.05) is 19.3 Å². The molecule has 0 bridgehead atoms. The number of aryl methyl sites for hydroxylation is 1. The van der Waals surface area contributed by atoms with E-state index >= 15 is 0 Å². The lowest BCUT2D eigenvalue weighted by molar-refractivity contribution is 0.0950. The van der Waals surface area contributed by atoms with E-state index in [1.807, 2.05) is 31.2 Å². The monoisotopic (exact) mass is 339 g/mol. The van der Waals surface area contributed by atoms with Crippen LogP contribution in [0.5, 0.6) is 0 Å². The second-order valence-electron chi connectivity index (χ2n) is 4.78. The number of sulfonamides is 1. The van der Waals surface area contributed by atoms with E-state index in [1.54, 1.807) is 5.38 Å². The molecule has 6 nitrogen and oxygen atoms in total. The zero-order valence-corrected chi connectivity index (χ0v) is 13.9. The standard InChI is InChI=1S/C14H17N3O3S2/c1-10-5-3-4-6-11(10)14-17-12(9-21-14)13(18)15-7-8-16-22(2,19)20/h3-6,9,16H,7-8H2,1-2H3,(H,15,18). The molecule has 0 aliphatic carbocycles. The number of rotatable bonds is 6. The van der Waals surface area contributed by atoms with Crippen LogP contribution in [0.15, 0.2) is 29.6 Å². The second kappa shape index (κ2) is 6.99. The predicted molar refractivity (Wildman–Crippen MR) is 87.5 cm³/mol. The van der Waals surface area contributed by atoms with Crippen LogP contribution >= 0.6 is 11.3 Å². The van der Waals surface area contributed by atoms with Crippen molar-refractivity contribution in [2.24, 2.45) is 0 Å². The summed E-state index contributed by atoms with van der Waals surface area (Å²) in [7, 11) is -3.24. The van der Waals surface area contributed by atoms with Gasteiger partial charge in [0.1, 0.15) is 10.7 Å². The van der Waals surface area contributed by atoms with E-state index in [-0.39, 0.29) is 19.0 Å². The second-order valence-corrected chi connectivity index (χ2v) is 7.47. The summed E-state index contributed by atoms with van der Waals surface area (Å²) in [4.78, 5) is 16.3. The highest BCUT2D eigenvalue weighted by molar-refractivity contribution is 7.88. The molecule has 2 aromatic rings. The van der Waals surface area contributed by atoms with Crippen LogP contribution in [0.3, 0.4) is 0 Å². The Morgan fingerprint density at radius 3 is 2.68 bits per heavy atom. The third-order valence-corrected chi connectivity index (χ3v) is 4.49. The topological polar surface area (TPSA) is 88.2 Å². The fraction of sp³-hybridized carbons (Fsp3) is 0.286. The van der Waals surface area contributed by atoms with Crippen molar-refractivity contribution in [1.82, 2.24) is 15.0 Å². The summed E-state index contributed by atoms with van der Waals surface area (Å²) >= 11 is 1.41. The molecule has 0 aliphatic heterocycles. The SMILES string of the molecule is Cc1ccccc1-c1nc(C(=O)NCCNS(C)(=O)=O)cs1. The van der Waals surface area contributed by atoms with Gasteiger partial charge in [0.05, 0.1) is 6.26 Å². The maximum atomic E-state index is 12.0. The quantitative estimate of drug-likeness (QED) is 0.779.